The highest BCUT2D eigenvalue weighted by Crippen LogP contribution is 2.44. The van der Waals surface area contributed by atoms with Crippen LogP contribution in [0.25, 0.3) is 0 Å². The normalized spacial score (nSPS) is 18.3. The third-order valence-corrected chi connectivity index (χ3v) is 5.44. The number of ether oxygens (including phenoxy) is 1. The van der Waals surface area contributed by atoms with Gasteiger partial charge in [0.05, 0.1) is 18.6 Å². The smallest absolute Gasteiger partial charge is 0.335 e. The molecule has 1 aliphatic heterocycles. The summed E-state index contributed by atoms with van der Waals surface area (Å²) in [6.45, 7) is 6.91. The van der Waals surface area contributed by atoms with Crippen LogP contribution in [0.3, 0.4) is 0 Å². The van der Waals surface area contributed by atoms with Crippen molar-refractivity contribution in [1.82, 2.24) is 5.32 Å². The van der Waals surface area contributed by atoms with E-state index in [1.165, 1.54) is 6.92 Å². The number of aryl methyl sites for hydroxylation is 1. The van der Waals surface area contributed by atoms with Crippen LogP contribution < -0.4 is 5.32 Å². The Bertz CT molecular complexity index is 1000. The molecule has 7 heteroatoms. The molecule has 0 saturated carbocycles. The van der Waals surface area contributed by atoms with Crippen LogP contribution in [0.2, 0.25) is 0 Å². The molecule has 3 rings (SSSR count). The molecule has 1 heterocycles. The maximum Gasteiger partial charge on any atom is 0.335 e. The van der Waals surface area contributed by atoms with Crippen molar-refractivity contribution in [2.24, 2.45) is 5.16 Å². The minimum Gasteiger partial charge on any atom is -0.352 e. The fourth-order valence-electron chi connectivity index (χ4n) is 3.36. The summed E-state index contributed by atoms with van der Waals surface area (Å²) in [5.41, 5.74) is 3.59. The number of nitrogens with zero attached hydrogens (tertiary/aromatic N) is 1. The largest absolute Gasteiger partial charge is 0.352 e. The van der Waals surface area contributed by atoms with Crippen molar-refractivity contribution in [3.8, 4) is 0 Å². The SMILES string of the molecule is C=C(C)C(F)(F)C1(OC)CC(c2ccc(CNC(=O)Cc3ccccc3C)cc2)=NO1. The van der Waals surface area contributed by atoms with Crippen LogP contribution in [0.15, 0.2) is 65.8 Å². The third kappa shape index (κ3) is 4.66. The number of hydrogen-bond donors (Lipinski definition) is 1. The van der Waals surface area contributed by atoms with Crippen molar-refractivity contribution >= 4 is 11.6 Å². The molecule has 0 aliphatic carbocycles. The van der Waals surface area contributed by atoms with Gasteiger partial charge >= 0.3 is 11.7 Å². The van der Waals surface area contributed by atoms with Gasteiger partial charge in [0, 0.05) is 13.7 Å². The van der Waals surface area contributed by atoms with Gasteiger partial charge in [-0.3, -0.25) is 4.79 Å². The van der Waals surface area contributed by atoms with Gasteiger partial charge in [0.1, 0.15) is 0 Å². The second kappa shape index (κ2) is 8.98. The van der Waals surface area contributed by atoms with Crippen molar-refractivity contribution in [3.63, 3.8) is 0 Å². The van der Waals surface area contributed by atoms with Gasteiger partial charge in [-0.15, -0.1) is 0 Å². The van der Waals surface area contributed by atoms with E-state index < -0.39 is 11.7 Å². The van der Waals surface area contributed by atoms with E-state index in [4.69, 9.17) is 9.57 Å². The zero-order valence-electron chi connectivity index (χ0n) is 17.9. The van der Waals surface area contributed by atoms with E-state index in [1.54, 1.807) is 12.1 Å². The molecular formula is C24H26F2N2O3. The van der Waals surface area contributed by atoms with Crippen molar-refractivity contribution < 1.29 is 23.1 Å². The molecule has 0 radical (unpaired) electrons. The van der Waals surface area contributed by atoms with Gasteiger partial charge in [-0.1, -0.05) is 60.3 Å². The van der Waals surface area contributed by atoms with E-state index in [-0.39, 0.29) is 17.9 Å². The lowest BCUT2D eigenvalue weighted by atomic mass is 9.94. The zero-order chi connectivity index (χ0) is 22.6. The van der Waals surface area contributed by atoms with E-state index in [1.807, 2.05) is 43.3 Å². The van der Waals surface area contributed by atoms with Crippen molar-refractivity contribution in [2.75, 3.05) is 7.11 Å². The molecule has 0 bridgehead atoms. The first-order valence-electron chi connectivity index (χ1n) is 9.93. The standard InChI is InChI=1S/C24H26F2N2O3/c1-16(2)24(25,26)23(30-4)14-21(28-31-23)19-11-9-18(10-12-19)15-27-22(29)13-20-8-6-5-7-17(20)3/h5-12H,1,13-15H2,2-4H3,(H,27,29). The summed E-state index contributed by atoms with van der Waals surface area (Å²) in [6, 6.07) is 14.9. The minimum atomic E-state index is -3.39. The Morgan fingerprint density at radius 3 is 2.55 bits per heavy atom. The van der Waals surface area contributed by atoms with Crippen LogP contribution in [0.1, 0.15) is 35.6 Å². The minimum absolute atomic E-state index is 0.0705. The third-order valence-electron chi connectivity index (χ3n) is 5.44. The van der Waals surface area contributed by atoms with Gasteiger partial charge in [0.2, 0.25) is 5.91 Å². The van der Waals surface area contributed by atoms with Crippen LogP contribution in [0, 0.1) is 6.92 Å². The molecule has 0 spiro atoms. The molecule has 2 aromatic rings. The first kappa shape index (κ1) is 22.6. The Kier molecular flexibility index (Phi) is 6.55. The summed E-state index contributed by atoms with van der Waals surface area (Å²) in [5.74, 6) is -5.66. The number of methoxy groups -OCH3 is 1. The monoisotopic (exact) mass is 428 g/mol. The molecule has 1 amide bonds. The molecular weight excluding hydrogens is 402 g/mol. The van der Waals surface area contributed by atoms with Crippen molar-refractivity contribution in [3.05, 3.63) is 82.9 Å². The maximum atomic E-state index is 14.6. The topological polar surface area (TPSA) is 59.9 Å². The second-order valence-electron chi connectivity index (χ2n) is 7.69. The van der Waals surface area contributed by atoms with Gasteiger partial charge in [-0.2, -0.15) is 8.78 Å². The average Bonchev–Trinajstić information content (AvgIpc) is 3.21. The number of halogens is 2. The number of carbonyl (C=O) groups excluding carboxylic acids is 1. The van der Waals surface area contributed by atoms with E-state index in [2.05, 4.69) is 17.1 Å². The van der Waals surface area contributed by atoms with Gasteiger partial charge in [0.15, 0.2) is 0 Å². The van der Waals surface area contributed by atoms with E-state index >= 15 is 0 Å². The molecule has 164 valence electrons. The van der Waals surface area contributed by atoms with Crippen LogP contribution in [-0.4, -0.2) is 30.4 Å². The first-order valence-corrected chi connectivity index (χ1v) is 9.93. The van der Waals surface area contributed by atoms with Gasteiger partial charge in [0.25, 0.3) is 0 Å². The average molecular weight is 428 g/mol. The fraction of sp³-hybridized carbons (Fsp3) is 0.333. The summed E-state index contributed by atoms with van der Waals surface area (Å²) in [5, 5.41) is 6.73. The number of benzene rings is 2. The maximum absolute atomic E-state index is 14.6. The lowest BCUT2D eigenvalue weighted by Gasteiger charge is -2.33. The molecule has 0 saturated heterocycles. The molecule has 0 aromatic heterocycles. The van der Waals surface area contributed by atoms with Crippen LogP contribution >= 0.6 is 0 Å². The Balaban J connectivity index is 1.60. The van der Waals surface area contributed by atoms with Gasteiger partial charge in [-0.25, -0.2) is 0 Å². The highest BCUT2D eigenvalue weighted by Gasteiger charge is 2.61. The first-order chi connectivity index (χ1) is 14.7. The number of alkyl halides is 2. The number of nitrogens with one attached hydrogen (secondary N) is 1. The quantitative estimate of drug-likeness (QED) is 0.629. The van der Waals surface area contributed by atoms with Gasteiger partial charge in [-0.05, 0) is 41.7 Å². The molecule has 31 heavy (non-hydrogen) atoms. The Hall–Kier alpha value is -3.06. The lowest BCUT2D eigenvalue weighted by Crippen LogP contribution is -2.50. The summed E-state index contributed by atoms with van der Waals surface area (Å²) in [7, 11) is 1.16. The molecule has 1 aliphatic rings. The molecule has 0 fully saturated rings. The van der Waals surface area contributed by atoms with E-state index in [0.717, 1.165) is 23.8 Å². The second-order valence-corrected chi connectivity index (χ2v) is 7.69. The van der Waals surface area contributed by atoms with Crippen molar-refractivity contribution in [1.29, 1.82) is 0 Å². The van der Waals surface area contributed by atoms with Crippen LogP contribution in [0.4, 0.5) is 8.78 Å². The van der Waals surface area contributed by atoms with Crippen molar-refractivity contribution in [2.45, 2.75) is 44.9 Å². The molecule has 1 unspecified atom stereocenters. The predicted molar refractivity (Wildman–Crippen MR) is 115 cm³/mol. The molecule has 1 N–H and O–H groups in total. The Labute approximate surface area is 180 Å². The molecule has 2 aromatic carbocycles. The number of oxime groups is 1. The molecule has 5 nitrogen and oxygen atoms in total. The number of hydrogen-bond acceptors (Lipinski definition) is 4. The van der Waals surface area contributed by atoms with Crippen LogP contribution in [0.5, 0.6) is 0 Å². The zero-order valence-corrected chi connectivity index (χ0v) is 17.9. The summed E-state index contributed by atoms with van der Waals surface area (Å²) >= 11 is 0. The summed E-state index contributed by atoms with van der Waals surface area (Å²) in [4.78, 5) is 17.3. The number of amides is 1. The highest BCUT2D eigenvalue weighted by atomic mass is 19.3. The predicted octanol–water partition coefficient (Wildman–Crippen LogP) is 4.53. The Morgan fingerprint density at radius 1 is 1.26 bits per heavy atom. The van der Waals surface area contributed by atoms with Crippen LogP contribution in [-0.2, 0) is 27.3 Å². The fourth-order valence-corrected chi connectivity index (χ4v) is 3.36. The highest BCUT2D eigenvalue weighted by molar-refractivity contribution is 6.01. The lowest BCUT2D eigenvalue weighted by molar-refractivity contribution is -0.303. The van der Waals surface area contributed by atoms with E-state index in [0.29, 0.717) is 24.2 Å². The number of rotatable bonds is 8. The van der Waals surface area contributed by atoms with Gasteiger partial charge < -0.3 is 14.9 Å². The Morgan fingerprint density at radius 2 is 1.94 bits per heavy atom. The number of carbonyl (C=O) groups is 1. The summed E-state index contributed by atoms with van der Waals surface area (Å²) < 4.78 is 34.1. The molecule has 1 atom stereocenters. The summed E-state index contributed by atoms with van der Waals surface area (Å²) in [6.07, 6.45) is 0.102. The van der Waals surface area contributed by atoms with E-state index in [9.17, 15) is 13.6 Å².